The van der Waals surface area contributed by atoms with Crippen LogP contribution in [0.2, 0.25) is 0 Å². The van der Waals surface area contributed by atoms with Crippen molar-refractivity contribution >= 4 is 11.9 Å². The molecule has 0 aromatic heterocycles. The average molecular weight is 685 g/mol. The lowest BCUT2D eigenvalue weighted by atomic mass is 9.76. The zero-order valence-corrected chi connectivity index (χ0v) is 30.8. The van der Waals surface area contributed by atoms with Gasteiger partial charge in [0.25, 0.3) is 0 Å². The number of hydrogen-bond acceptors (Lipinski definition) is 10. The van der Waals surface area contributed by atoms with Crippen molar-refractivity contribution in [1.29, 1.82) is 0 Å². The van der Waals surface area contributed by atoms with E-state index in [0.29, 0.717) is 99.4 Å². The molecular formula is C39H56O10. The zero-order chi connectivity index (χ0) is 36.4. The maximum Gasteiger partial charge on any atom is 0.335 e. The van der Waals surface area contributed by atoms with Crippen LogP contribution in [0.15, 0.2) is 37.4 Å². The molecule has 0 amide bonds. The van der Waals surface area contributed by atoms with Gasteiger partial charge in [-0.1, -0.05) is 68.5 Å². The number of rotatable bonds is 24. The second kappa shape index (κ2) is 20.9. The van der Waals surface area contributed by atoms with Gasteiger partial charge in [0.05, 0.1) is 39.6 Å². The number of hydrogen-bond donors (Lipinski definition) is 0. The Bertz CT molecular complexity index is 1290. The van der Waals surface area contributed by atoms with Gasteiger partial charge in [0, 0.05) is 28.7 Å². The predicted molar refractivity (Wildman–Crippen MR) is 191 cm³/mol. The van der Waals surface area contributed by atoms with E-state index in [1.54, 1.807) is 12.1 Å². The third-order valence-corrected chi connectivity index (χ3v) is 7.12. The molecule has 0 atom stereocenters. The highest BCUT2D eigenvalue weighted by Crippen LogP contribution is 2.56. The topological polar surface area (TPSA) is 108 Å². The molecule has 0 aliphatic carbocycles. The van der Waals surface area contributed by atoms with Crippen molar-refractivity contribution in [2.24, 2.45) is 0 Å². The molecule has 0 heterocycles. The molecule has 2 aromatic rings. The van der Waals surface area contributed by atoms with E-state index >= 15 is 0 Å². The maximum atomic E-state index is 12.7. The van der Waals surface area contributed by atoms with Gasteiger partial charge in [-0.15, -0.1) is 0 Å². The number of ether oxygens (including phenoxy) is 8. The molecule has 10 heteroatoms. The summed E-state index contributed by atoms with van der Waals surface area (Å²) in [7, 11) is 0. The molecule has 0 radical (unpaired) electrons. The van der Waals surface area contributed by atoms with Gasteiger partial charge in [-0.2, -0.15) is 0 Å². The van der Waals surface area contributed by atoms with Crippen LogP contribution in [0.5, 0.6) is 46.0 Å². The number of benzene rings is 2. The molecule has 0 fully saturated rings. The SMILES string of the molecule is C=CC(=O)Oc1cc(C(C)(C)c2cc(OC(=O)C=C)c(OCCC)c(OCCC)c2OCCC)c(OCCC)c(OCCC)c1OCCC. The molecule has 0 unspecified atom stereocenters. The highest BCUT2D eigenvalue weighted by atomic mass is 16.6. The van der Waals surface area contributed by atoms with Gasteiger partial charge in [-0.05, 0) is 50.7 Å². The Morgan fingerprint density at radius 2 is 0.776 bits per heavy atom. The van der Waals surface area contributed by atoms with E-state index in [-0.39, 0.29) is 23.0 Å². The molecule has 49 heavy (non-hydrogen) atoms. The highest BCUT2D eigenvalue weighted by Gasteiger charge is 2.39. The molecule has 2 rings (SSSR count). The predicted octanol–water partition coefficient (Wildman–Crippen LogP) is 8.93. The number of carbonyl (C=O) groups is 2. The zero-order valence-electron chi connectivity index (χ0n) is 30.8. The summed E-state index contributed by atoms with van der Waals surface area (Å²) in [5, 5.41) is 0. The maximum absolute atomic E-state index is 12.7. The van der Waals surface area contributed by atoms with Crippen molar-refractivity contribution in [2.45, 2.75) is 99.3 Å². The molecule has 0 aliphatic heterocycles. The lowest BCUT2D eigenvalue weighted by molar-refractivity contribution is -0.130. The van der Waals surface area contributed by atoms with Gasteiger partial charge >= 0.3 is 11.9 Å². The Kier molecular flexibility index (Phi) is 17.4. The Hall–Kier alpha value is -4.34. The van der Waals surface area contributed by atoms with Gasteiger partial charge in [-0.25, -0.2) is 9.59 Å². The van der Waals surface area contributed by atoms with Crippen molar-refractivity contribution < 1.29 is 47.5 Å². The minimum atomic E-state index is -0.988. The first-order chi connectivity index (χ1) is 23.6. The van der Waals surface area contributed by atoms with Crippen molar-refractivity contribution in [3.05, 3.63) is 48.6 Å². The smallest absolute Gasteiger partial charge is 0.335 e. The second-order valence-corrected chi connectivity index (χ2v) is 11.8. The Morgan fingerprint density at radius 3 is 1.04 bits per heavy atom. The first-order valence-electron chi connectivity index (χ1n) is 17.5. The summed E-state index contributed by atoms with van der Waals surface area (Å²) >= 11 is 0. The van der Waals surface area contributed by atoms with E-state index in [2.05, 4.69) is 13.2 Å². The quantitative estimate of drug-likeness (QED) is 0.0604. The van der Waals surface area contributed by atoms with Crippen molar-refractivity contribution in [3.8, 4) is 46.0 Å². The first-order valence-corrected chi connectivity index (χ1v) is 17.5. The molecule has 0 N–H and O–H groups in total. The van der Waals surface area contributed by atoms with Crippen LogP contribution in [0, 0.1) is 0 Å². The summed E-state index contributed by atoms with van der Waals surface area (Å²) < 4.78 is 49.6. The molecule has 272 valence electrons. The van der Waals surface area contributed by atoms with Crippen LogP contribution in [0.4, 0.5) is 0 Å². The molecule has 0 bridgehead atoms. The van der Waals surface area contributed by atoms with Gasteiger partial charge in [0.2, 0.25) is 23.0 Å². The third-order valence-electron chi connectivity index (χ3n) is 7.12. The van der Waals surface area contributed by atoms with E-state index in [1.807, 2.05) is 55.4 Å². The van der Waals surface area contributed by atoms with Crippen LogP contribution >= 0.6 is 0 Å². The van der Waals surface area contributed by atoms with Crippen molar-refractivity contribution in [2.75, 3.05) is 39.6 Å². The molecule has 0 aliphatic rings. The fraction of sp³-hybridized carbons (Fsp3) is 0.538. The van der Waals surface area contributed by atoms with Crippen LogP contribution in [0.1, 0.15) is 105 Å². The lowest BCUT2D eigenvalue weighted by Gasteiger charge is -2.33. The fourth-order valence-electron chi connectivity index (χ4n) is 4.77. The summed E-state index contributed by atoms with van der Waals surface area (Å²) in [4.78, 5) is 25.3. The van der Waals surface area contributed by atoms with E-state index in [9.17, 15) is 9.59 Å². The monoisotopic (exact) mass is 684 g/mol. The molecule has 10 nitrogen and oxygen atoms in total. The van der Waals surface area contributed by atoms with Crippen molar-refractivity contribution in [3.63, 3.8) is 0 Å². The van der Waals surface area contributed by atoms with Gasteiger partial charge < -0.3 is 37.9 Å². The fourth-order valence-corrected chi connectivity index (χ4v) is 4.77. The summed E-state index contributed by atoms with van der Waals surface area (Å²) in [6.45, 7) is 25.2. The Morgan fingerprint density at radius 1 is 0.510 bits per heavy atom. The summed E-state index contributed by atoms with van der Waals surface area (Å²) in [6, 6.07) is 3.45. The third kappa shape index (κ3) is 10.8. The van der Waals surface area contributed by atoms with Crippen LogP contribution < -0.4 is 37.9 Å². The van der Waals surface area contributed by atoms with Gasteiger partial charge in [0.15, 0.2) is 23.0 Å². The van der Waals surface area contributed by atoms with Gasteiger partial charge in [-0.3, -0.25) is 0 Å². The molecule has 0 spiro atoms. The van der Waals surface area contributed by atoms with Gasteiger partial charge in [0.1, 0.15) is 0 Å². The Labute approximate surface area is 292 Å². The molecule has 2 aromatic carbocycles. The number of carbonyl (C=O) groups excluding carboxylic acids is 2. The molecule has 0 saturated carbocycles. The van der Waals surface area contributed by atoms with E-state index in [4.69, 9.17) is 37.9 Å². The normalized spacial score (nSPS) is 10.9. The Balaban J connectivity index is 3.20. The largest absolute Gasteiger partial charge is 0.489 e. The second-order valence-electron chi connectivity index (χ2n) is 11.8. The van der Waals surface area contributed by atoms with E-state index in [1.165, 1.54) is 0 Å². The number of esters is 2. The summed E-state index contributed by atoms with van der Waals surface area (Å²) in [6.07, 6.45) is 6.44. The summed E-state index contributed by atoms with van der Waals surface area (Å²) in [5.74, 6) is 0.994. The van der Waals surface area contributed by atoms with Crippen LogP contribution in [0.25, 0.3) is 0 Å². The lowest BCUT2D eigenvalue weighted by Crippen LogP contribution is -2.24. The van der Waals surface area contributed by atoms with Crippen LogP contribution in [-0.2, 0) is 15.0 Å². The van der Waals surface area contributed by atoms with Crippen molar-refractivity contribution in [1.82, 2.24) is 0 Å². The summed E-state index contributed by atoms with van der Waals surface area (Å²) in [5.41, 5.74) is 0.223. The average Bonchev–Trinajstić information content (AvgIpc) is 3.09. The first kappa shape index (κ1) is 40.8. The standard InChI is InChI=1S/C39H56O10/c1-11-19-42-33-27(25-29(48-31(40)17-7)35(44-21-13-3)37(33)46-23-15-5)39(9,10)28-26-30(49-32(41)18-8)36(45-22-14-4)38(47-24-16-6)34(28)43-20-12-2/h17-18,25-26H,7-8,11-16,19-24H2,1-6,9-10H3. The van der Waals surface area contributed by atoms with Crippen LogP contribution in [-0.4, -0.2) is 51.6 Å². The highest BCUT2D eigenvalue weighted by molar-refractivity contribution is 5.85. The molecular weight excluding hydrogens is 628 g/mol. The minimum Gasteiger partial charge on any atom is -0.489 e. The molecule has 0 saturated heterocycles. The van der Waals surface area contributed by atoms with Crippen LogP contribution in [0.3, 0.4) is 0 Å². The minimum absolute atomic E-state index is 0.149. The van der Waals surface area contributed by atoms with E-state index < -0.39 is 17.4 Å². The van der Waals surface area contributed by atoms with E-state index in [0.717, 1.165) is 25.0 Å².